The van der Waals surface area contributed by atoms with E-state index >= 15 is 0 Å². The predicted octanol–water partition coefficient (Wildman–Crippen LogP) is 3.59. The van der Waals surface area contributed by atoms with Gasteiger partial charge in [-0.15, -0.1) is 0 Å². The van der Waals surface area contributed by atoms with Crippen LogP contribution in [0.4, 0.5) is 0 Å². The predicted molar refractivity (Wildman–Crippen MR) is 84.1 cm³/mol. The quantitative estimate of drug-likeness (QED) is 0.793. The van der Waals surface area contributed by atoms with Crippen molar-refractivity contribution in [2.75, 3.05) is 20.2 Å². The summed E-state index contributed by atoms with van der Waals surface area (Å²) in [5.41, 5.74) is 1.62. The van der Waals surface area contributed by atoms with Crippen molar-refractivity contribution in [2.24, 2.45) is 0 Å². The zero-order valence-electron chi connectivity index (χ0n) is 13.2. The third-order valence-electron chi connectivity index (χ3n) is 5.16. The zero-order chi connectivity index (χ0) is 14.9. The highest BCUT2D eigenvalue weighted by Gasteiger charge is 2.47. The molecular weight excluding hydrogens is 262 g/mol. The Labute approximate surface area is 127 Å². The average Bonchev–Trinajstić information content (AvgIpc) is 3.18. The maximum Gasteiger partial charge on any atom is 0.186 e. The molecule has 114 valence electrons. The molecule has 0 aromatic heterocycles. The Morgan fingerprint density at radius 3 is 2.43 bits per heavy atom. The molecule has 3 nitrogen and oxygen atoms in total. The molecule has 0 atom stereocenters. The lowest BCUT2D eigenvalue weighted by Gasteiger charge is -2.37. The molecule has 0 radical (unpaired) electrons. The Bertz CT molecular complexity index is 526. The third kappa shape index (κ3) is 2.48. The molecule has 1 aliphatic carbocycles. The highest BCUT2D eigenvalue weighted by atomic mass is 16.5. The smallest absolute Gasteiger partial charge is 0.186 e. The summed E-state index contributed by atoms with van der Waals surface area (Å²) in [6.07, 6.45) is 6.78. The van der Waals surface area contributed by atoms with Crippen LogP contribution >= 0.6 is 0 Å². The number of nitrogens with zero attached hydrogens (tertiary/aromatic N) is 1. The summed E-state index contributed by atoms with van der Waals surface area (Å²) in [5, 5.41) is 0. The molecule has 1 aromatic rings. The van der Waals surface area contributed by atoms with Crippen LogP contribution in [-0.2, 0) is 0 Å². The van der Waals surface area contributed by atoms with E-state index in [1.807, 2.05) is 25.1 Å². The van der Waals surface area contributed by atoms with Gasteiger partial charge in [0.1, 0.15) is 5.75 Å². The van der Waals surface area contributed by atoms with Gasteiger partial charge in [-0.3, -0.25) is 9.69 Å². The number of Topliss-reactive ketones (excluding diaryl/α,β-unsaturated/α-hetero) is 1. The van der Waals surface area contributed by atoms with Crippen LogP contribution in [0.3, 0.4) is 0 Å². The lowest BCUT2D eigenvalue weighted by molar-refractivity contribution is 0.0623. The second-order valence-corrected chi connectivity index (χ2v) is 6.47. The van der Waals surface area contributed by atoms with Gasteiger partial charge in [0.15, 0.2) is 5.78 Å². The first-order valence-corrected chi connectivity index (χ1v) is 8.12. The minimum atomic E-state index is -0.266. The lowest BCUT2D eigenvalue weighted by atomic mass is 9.85. The number of methoxy groups -OCH3 is 1. The van der Waals surface area contributed by atoms with Gasteiger partial charge >= 0.3 is 0 Å². The minimum absolute atomic E-state index is 0.266. The Morgan fingerprint density at radius 2 is 1.81 bits per heavy atom. The summed E-state index contributed by atoms with van der Waals surface area (Å²) < 4.78 is 5.45. The monoisotopic (exact) mass is 287 g/mol. The summed E-state index contributed by atoms with van der Waals surface area (Å²) in [6, 6.07) is 5.93. The number of benzene rings is 1. The van der Waals surface area contributed by atoms with Crippen molar-refractivity contribution in [1.82, 2.24) is 4.90 Å². The molecule has 0 bridgehead atoms. The van der Waals surface area contributed by atoms with Crippen LogP contribution in [0.15, 0.2) is 18.2 Å². The van der Waals surface area contributed by atoms with Gasteiger partial charge in [0.25, 0.3) is 0 Å². The van der Waals surface area contributed by atoms with Gasteiger partial charge in [-0.2, -0.15) is 0 Å². The van der Waals surface area contributed by atoms with Crippen LogP contribution in [0.2, 0.25) is 0 Å². The molecule has 0 N–H and O–H groups in total. The number of carbonyl (C=O) groups is 1. The number of carbonyl (C=O) groups excluding carboxylic acids is 1. The van der Waals surface area contributed by atoms with Crippen molar-refractivity contribution >= 4 is 5.78 Å². The van der Waals surface area contributed by atoms with Gasteiger partial charge in [-0.25, -0.2) is 0 Å². The maximum atomic E-state index is 13.4. The normalized spacial score (nSPS) is 21.6. The third-order valence-corrected chi connectivity index (χ3v) is 5.16. The highest BCUT2D eigenvalue weighted by Crippen LogP contribution is 2.41. The topological polar surface area (TPSA) is 29.5 Å². The molecule has 3 heteroatoms. The van der Waals surface area contributed by atoms with Gasteiger partial charge in [0, 0.05) is 0 Å². The number of hydrogen-bond acceptors (Lipinski definition) is 3. The van der Waals surface area contributed by atoms with Crippen LogP contribution in [-0.4, -0.2) is 36.4 Å². The molecule has 3 rings (SSSR count). The number of hydrogen-bond donors (Lipinski definition) is 0. The lowest BCUT2D eigenvalue weighted by Crippen LogP contribution is -2.51. The molecule has 0 unspecified atom stereocenters. The van der Waals surface area contributed by atoms with Crippen molar-refractivity contribution in [3.63, 3.8) is 0 Å². The van der Waals surface area contributed by atoms with Crippen molar-refractivity contribution in [2.45, 2.75) is 51.0 Å². The summed E-state index contributed by atoms with van der Waals surface area (Å²) in [4.78, 5) is 15.8. The fourth-order valence-corrected chi connectivity index (χ4v) is 4.04. The minimum Gasteiger partial charge on any atom is -0.496 e. The van der Waals surface area contributed by atoms with Crippen molar-refractivity contribution in [1.29, 1.82) is 0 Å². The first-order valence-electron chi connectivity index (χ1n) is 8.12. The van der Waals surface area contributed by atoms with E-state index < -0.39 is 0 Å². The maximum absolute atomic E-state index is 13.4. The van der Waals surface area contributed by atoms with E-state index in [0.717, 1.165) is 55.6 Å². The molecule has 1 aliphatic heterocycles. The fraction of sp³-hybridized carbons (Fsp3) is 0.611. The van der Waals surface area contributed by atoms with Crippen LogP contribution in [0.1, 0.15) is 54.4 Å². The molecule has 2 fully saturated rings. The summed E-state index contributed by atoms with van der Waals surface area (Å²) in [6.45, 7) is 4.17. The molecule has 1 saturated carbocycles. The number of aryl methyl sites for hydroxylation is 1. The largest absolute Gasteiger partial charge is 0.496 e. The van der Waals surface area contributed by atoms with Crippen LogP contribution in [0.5, 0.6) is 5.75 Å². The van der Waals surface area contributed by atoms with Crippen LogP contribution in [0, 0.1) is 6.92 Å². The van der Waals surface area contributed by atoms with E-state index in [9.17, 15) is 4.79 Å². The van der Waals surface area contributed by atoms with Crippen molar-refractivity contribution in [3.05, 3.63) is 29.3 Å². The Kier molecular flexibility index (Phi) is 4.03. The number of ketones is 1. The second kappa shape index (κ2) is 5.80. The van der Waals surface area contributed by atoms with Crippen LogP contribution in [0.25, 0.3) is 0 Å². The number of likely N-dealkylation sites (tertiary alicyclic amines) is 1. The van der Waals surface area contributed by atoms with Crippen LogP contribution < -0.4 is 4.74 Å². The van der Waals surface area contributed by atoms with E-state index in [0.29, 0.717) is 0 Å². The molecule has 21 heavy (non-hydrogen) atoms. The molecular formula is C18H25NO2. The van der Waals surface area contributed by atoms with E-state index in [4.69, 9.17) is 4.74 Å². The summed E-state index contributed by atoms with van der Waals surface area (Å²) >= 11 is 0. The standard InChI is InChI=1S/C18H25NO2/c1-14-7-8-16(21-2)15(13-14)17(20)18(9-3-4-10-18)19-11-5-6-12-19/h7-8,13H,3-6,9-12H2,1-2H3. The van der Waals surface area contributed by atoms with Gasteiger partial charge < -0.3 is 4.74 Å². The Hall–Kier alpha value is -1.35. The van der Waals surface area contributed by atoms with E-state index in [2.05, 4.69) is 4.90 Å². The molecule has 1 saturated heterocycles. The van der Waals surface area contributed by atoms with Crippen molar-refractivity contribution < 1.29 is 9.53 Å². The molecule has 0 spiro atoms. The van der Waals surface area contributed by atoms with Gasteiger partial charge in [-0.05, 0) is 57.8 Å². The van der Waals surface area contributed by atoms with Gasteiger partial charge in [0.2, 0.25) is 0 Å². The Morgan fingerprint density at radius 1 is 1.14 bits per heavy atom. The molecule has 2 aliphatic rings. The second-order valence-electron chi connectivity index (χ2n) is 6.47. The number of ether oxygens (including phenoxy) is 1. The first-order chi connectivity index (χ1) is 10.2. The highest BCUT2D eigenvalue weighted by molar-refractivity contribution is 6.05. The molecule has 0 amide bonds. The summed E-state index contributed by atoms with van der Waals surface area (Å²) in [7, 11) is 1.65. The van der Waals surface area contributed by atoms with Gasteiger partial charge in [-0.1, -0.05) is 24.5 Å². The van der Waals surface area contributed by atoms with E-state index in [1.54, 1.807) is 7.11 Å². The first kappa shape index (κ1) is 14.6. The fourth-order valence-electron chi connectivity index (χ4n) is 4.04. The zero-order valence-corrected chi connectivity index (χ0v) is 13.2. The van der Waals surface area contributed by atoms with Gasteiger partial charge in [0.05, 0.1) is 18.2 Å². The molecule has 1 aromatic carbocycles. The number of rotatable bonds is 4. The van der Waals surface area contributed by atoms with E-state index in [1.165, 1.54) is 12.8 Å². The average molecular weight is 287 g/mol. The van der Waals surface area contributed by atoms with Crippen molar-refractivity contribution in [3.8, 4) is 5.75 Å². The summed E-state index contributed by atoms with van der Waals surface area (Å²) in [5.74, 6) is 0.999. The van der Waals surface area contributed by atoms with E-state index in [-0.39, 0.29) is 11.3 Å². The SMILES string of the molecule is COc1ccc(C)cc1C(=O)C1(N2CCCC2)CCCC1. The Balaban J connectivity index is 2.00. The molecule has 1 heterocycles.